The number of piperazine rings is 1. The van der Waals surface area contributed by atoms with Crippen LogP contribution in [0.1, 0.15) is 6.92 Å². The molecule has 1 fully saturated rings. The lowest BCUT2D eigenvalue weighted by atomic mass is 10.3. The zero-order chi connectivity index (χ0) is 13.4. The van der Waals surface area contributed by atoms with Crippen LogP contribution >= 0.6 is 0 Å². The van der Waals surface area contributed by atoms with E-state index in [1.807, 2.05) is 15.5 Å². The maximum absolute atomic E-state index is 11.3. The van der Waals surface area contributed by atoms with Gasteiger partial charge in [0.1, 0.15) is 5.82 Å². The molecule has 3 heterocycles. The summed E-state index contributed by atoms with van der Waals surface area (Å²) in [5.74, 6) is 1.37. The monoisotopic (exact) mass is 260 g/mol. The number of amides is 1. The molecule has 3 rings (SSSR count). The van der Waals surface area contributed by atoms with Gasteiger partial charge in [0, 0.05) is 45.5 Å². The van der Waals surface area contributed by atoms with Crippen LogP contribution in [0.4, 0.5) is 11.6 Å². The van der Waals surface area contributed by atoms with E-state index in [0.29, 0.717) is 18.9 Å². The van der Waals surface area contributed by atoms with Crippen LogP contribution in [0.5, 0.6) is 0 Å². The van der Waals surface area contributed by atoms with Crippen LogP contribution in [0.15, 0.2) is 18.6 Å². The summed E-state index contributed by atoms with van der Waals surface area (Å²) >= 11 is 0. The molecule has 0 bridgehead atoms. The second kappa shape index (κ2) is 4.42. The van der Waals surface area contributed by atoms with Crippen molar-refractivity contribution in [2.24, 2.45) is 0 Å². The standard InChI is InChI=1S/C12H16N6O/c1-9(19)16-4-6-17(7-5-16)12-11-14-2-3-18(11)8-10(13)15-12/h2-3,8H,4-7,13H2,1H3. The maximum Gasteiger partial charge on any atom is 0.219 e. The molecule has 2 N–H and O–H groups in total. The molecule has 1 amide bonds. The average Bonchev–Trinajstić information content (AvgIpc) is 2.85. The fraction of sp³-hybridized carbons (Fsp3) is 0.417. The van der Waals surface area contributed by atoms with E-state index in [-0.39, 0.29) is 5.91 Å². The lowest BCUT2D eigenvalue weighted by Crippen LogP contribution is -2.48. The summed E-state index contributed by atoms with van der Waals surface area (Å²) in [6, 6.07) is 0. The molecule has 0 spiro atoms. The first-order valence-electron chi connectivity index (χ1n) is 6.25. The van der Waals surface area contributed by atoms with E-state index >= 15 is 0 Å². The quantitative estimate of drug-likeness (QED) is 0.779. The van der Waals surface area contributed by atoms with Gasteiger partial charge in [-0.25, -0.2) is 9.97 Å². The summed E-state index contributed by atoms with van der Waals surface area (Å²) in [6.45, 7) is 4.51. The summed E-state index contributed by atoms with van der Waals surface area (Å²) in [7, 11) is 0. The predicted octanol–water partition coefficient (Wildman–Crippen LogP) is -0.0200. The first kappa shape index (κ1) is 11.8. The van der Waals surface area contributed by atoms with E-state index < -0.39 is 0 Å². The van der Waals surface area contributed by atoms with Crippen molar-refractivity contribution in [2.45, 2.75) is 6.92 Å². The molecule has 0 aromatic carbocycles. The highest BCUT2D eigenvalue weighted by molar-refractivity contribution is 5.74. The number of imidazole rings is 1. The highest BCUT2D eigenvalue weighted by Crippen LogP contribution is 2.20. The van der Waals surface area contributed by atoms with Gasteiger partial charge in [0.05, 0.1) is 6.20 Å². The average molecular weight is 260 g/mol. The molecule has 7 heteroatoms. The number of hydrogen-bond donors (Lipinski definition) is 1. The molecule has 1 aliphatic rings. The highest BCUT2D eigenvalue weighted by atomic mass is 16.2. The Bertz CT molecular complexity index is 614. The minimum Gasteiger partial charge on any atom is -0.382 e. The summed E-state index contributed by atoms with van der Waals surface area (Å²) in [5, 5.41) is 0. The van der Waals surface area contributed by atoms with Crippen molar-refractivity contribution < 1.29 is 4.79 Å². The SMILES string of the molecule is CC(=O)N1CCN(c2nc(N)cn3ccnc23)CC1. The van der Waals surface area contributed by atoms with E-state index in [9.17, 15) is 4.79 Å². The Hall–Kier alpha value is -2.31. The van der Waals surface area contributed by atoms with Crippen LogP contribution in [0.2, 0.25) is 0 Å². The number of anilines is 2. The van der Waals surface area contributed by atoms with Crippen molar-refractivity contribution in [3.63, 3.8) is 0 Å². The zero-order valence-electron chi connectivity index (χ0n) is 10.8. The number of nitrogens with two attached hydrogens (primary N) is 1. The minimum atomic E-state index is 0.117. The summed E-state index contributed by atoms with van der Waals surface area (Å²) in [6.07, 6.45) is 5.33. The van der Waals surface area contributed by atoms with Crippen molar-refractivity contribution in [1.29, 1.82) is 0 Å². The second-order valence-electron chi connectivity index (χ2n) is 4.64. The van der Waals surface area contributed by atoms with Gasteiger partial charge in [0.25, 0.3) is 0 Å². The van der Waals surface area contributed by atoms with Gasteiger partial charge in [-0.2, -0.15) is 0 Å². The van der Waals surface area contributed by atoms with E-state index in [1.165, 1.54) is 0 Å². The van der Waals surface area contributed by atoms with Gasteiger partial charge in [-0.1, -0.05) is 0 Å². The van der Waals surface area contributed by atoms with Crippen molar-refractivity contribution in [3.8, 4) is 0 Å². The molecule has 0 radical (unpaired) electrons. The molecular weight excluding hydrogens is 244 g/mol. The Morgan fingerprint density at radius 2 is 2.05 bits per heavy atom. The van der Waals surface area contributed by atoms with Gasteiger partial charge in [-0.05, 0) is 0 Å². The molecule has 1 aliphatic heterocycles. The van der Waals surface area contributed by atoms with Gasteiger partial charge >= 0.3 is 0 Å². The van der Waals surface area contributed by atoms with E-state index in [4.69, 9.17) is 5.73 Å². The molecule has 0 atom stereocenters. The van der Waals surface area contributed by atoms with E-state index in [2.05, 4.69) is 14.9 Å². The first-order valence-corrected chi connectivity index (χ1v) is 6.25. The number of nitrogen functional groups attached to an aromatic ring is 1. The Morgan fingerprint density at radius 1 is 1.32 bits per heavy atom. The summed E-state index contributed by atoms with van der Waals surface area (Å²) in [5.41, 5.74) is 6.61. The molecule has 0 saturated carbocycles. The van der Waals surface area contributed by atoms with Crippen LogP contribution in [0.25, 0.3) is 5.65 Å². The third kappa shape index (κ3) is 2.07. The van der Waals surface area contributed by atoms with Crippen molar-refractivity contribution in [2.75, 3.05) is 36.8 Å². The third-order valence-electron chi connectivity index (χ3n) is 3.40. The first-order chi connectivity index (χ1) is 9.15. The molecule has 19 heavy (non-hydrogen) atoms. The van der Waals surface area contributed by atoms with Crippen molar-refractivity contribution in [3.05, 3.63) is 18.6 Å². The van der Waals surface area contributed by atoms with Gasteiger partial charge < -0.3 is 19.9 Å². The largest absolute Gasteiger partial charge is 0.382 e. The topological polar surface area (TPSA) is 79.8 Å². The number of carbonyl (C=O) groups excluding carboxylic acids is 1. The number of rotatable bonds is 1. The van der Waals surface area contributed by atoms with E-state index in [1.54, 1.807) is 19.3 Å². The third-order valence-corrected chi connectivity index (χ3v) is 3.40. The summed E-state index contributed by atoms with van der Waals surface area (Å²) in [4.78, 5) is 24.0. The van der Waals surface area contributed by atoms with Crippen LogP contribution in [0.3, 0.4) is 0 Å². The Morgan fingerprint density at radius 3 is 2.74 bits per heavy atom. The Balaban J connectivity index is 1.89. The molecule has 2 aromatic rings. The number of aromatic nitrogens is 3. The van der Waals surface area contributed by atoms with Gasteiger partial charge in [-0.15, -0.1) is 0 Å². The van der Waals surface area contributed by atoms with E-state index in [0.717, 1.165) is 24.6 Å². The minimum absolute atomic E-state index is 0.117. The number of carbonyl (C=O) groups is 1. The second-order valence-corrected chi connectivity index (χ2v) is 4.64. The van der Waals surface area contributed by atoms with Crippen molar-refractivity contribution in [1.82, 2.24) is 19.3 Å². The lowest BCUT2D eigenvalue weighted by molar-refractivity contribution is -0.129. The fourth-order valence-electron chi connectivity index (χ4n) is 2.38. The van der Waals surface area contributed by atoms with Crippen molar-refractivity contribution >= 4 is 23.2 Å². The molecule has 1 saturated heterocycles. The Labute approximate surface area is 110 Å². The normalized spacial score (nSPS) is 16.1. The molecule has 0 aliphatic carbocycles. The van der Waals surface area contributed by atoms with Crippen LogP contribution in [0, 0.1) is 0 Å². The summed E-state index contributed by atoms with van der Waals surface area (Å²) < 4.78 is 1.87. The van der Waals surface area contributed by atoms with Gasteiger partial charge in [-0.3, -0.25) is 4.79 Å². The molecule has 2 aromatic heterocycles. The maximum atomic E-state index is 11.3. The fourth-order valence-corrected chi connectivity index (χ4v) is 2.38. The number of fused-ring (bicyclic) bond motifs is 1. The molecule has 0 unspecified atom stereocenters. The van der Waals surface area contributed by atoms with Crippen LogP contribution in [-0.2, 0) is 4.79 Å². The van der Waals surface area contributed by atoms with Gasteiger partial charge in [0.2, 0.25) is 5.91 Å². The van der Waals surface area contributed by atoms with Crippen LogP contribution in [-0.4, -0.2) is 51.4 Å². The van der Waals surface area contributed by atoms with Gasteiger partial charge in [0.15, 0.2) is 11.5 Å². The molecule has 100 valence electrons. The smallest absolute Gasteiger partial charge is 0.219 e. The highest BCUT2D eigenvalue weighted by Gasteiger charge is 2.22. The predicted molar refractivity (Wildman–Crippen MR) is 71.9 cm³/mol. The zero-order valence-corrected chi connectivity index (χ0v) is 10.8. The van der Waals surface area contributed by atoms with Crippen LogP contribution < -0.4 is 10.6 Å². The lowest BCUT2D eigenvalue weighted by Gasteiger charge is -2.34. The molecular formula is C12H16N6O. The number of hydrogen-bond acceptors (Lipinski definition) is 5. The number of nitrogens with zero attached hydrogens (tertiary/aromatic N) is 5. The molecule has 7 nitrogen and oxygen atoms in total. The Kier molecular flexibility index (Phi) is 2.73.